The molecule has 0 aromatic heterocycles. The molecule has 0 aromatic carbocycles. The molecule has 1 rings (SSSR count). The molecule has 1 fully saturated rings. The van der Waals surface area contributed by atoms with Crippen molar-refractivity contribution < 1.29 is 4.79 Å². The molecule has 2 atom stereocenters. The van der Waals surface area contributed by atoms with Crippen LogP contribution in [-0.2, 0) is 4.79 Å². The minimum absolute atomic E-state index is 0.0414. The van der Waals surface area contributed by atoms with Crippen LogP contribution in [0.2, 0.25) is 0 Å². The molecule has 1 aliphatic rings. The first-order chi connectivity index (χ1) is 7.19. The fraction of sp³-hybridized carbons (Fsp3) is 0.909. The minimum atomic E-state index is -0.0490. The van der Waals surface area contributed by atoms with Crippen LogP contribution in [0.4, 0.5) is 0 Å². The van der Waals surface area contributed by atoms with Crippen LogP contribution in [-0.4, -0.2) is 29.9 Å². The molecule has 0 bridgehead atoms. The van der Waals surface area contributed by atoms with Gasteiger partial charge in [-0.05, 0) is 44.7 Å². The summed E-state index contributed by atoms with van der Waals surface area (Å²) in [5, 5.41) is 0. The van der Waals surface area contributed by atoms with E-state index in [4.69, 9.17) is 5.84 Å². The molecule has 3 N–H and O–H groups in total. The lowest BCUT2D eigenvalue weighted by Gasteiger charge is -2.28. The summed E-state index contributed by atoms with van der Waals surface area (Å²) in [6.45, 7) is 6.37. The summed E-state index contributed by atoms with van der Waals surface area (Å²) >= 11 is 0. The minimum Gasteiger partial charge on any atom is -0.293 e. The van der Waals surface area contributed by atoms with Gasteiger partial charge in [0.1, 0.15) is 0 Å². The van der Waals surface area contributed by atoms with Gasteiger partial charge in [0.25, 0.3) is 5.91 Å². The predicted octanol–water partition coefficient (Wildman–Crippen LogP) is 0.877. The Labute approximate surface area is 92.2 Å². The number of hydrazine groups is 1. The third-order valence-corrected chi connectivity index (χ3v) is 3.32. The molecule has 4 nitrogen and oxygen atoms in total. The Morgan fingerprint density at radius 3 is 2.87 bits per heavy atom. The smallest absolute Gasteiger partial charge is 0.251 e. The highest BCUT2D eigenvalue weighted by molar-refractivity contribution is 5.81. The summed E-state index contributed by atoms with van der Waals surface area (Å²) in [6, 6.07) is -0.0414. The van der Waals surface area contributed by atoms with E-state index in [1.807, 2.05) is 6.92 Å². The molecule has 4 heteroatoms. The Bertz CT molecular complexity index is 208. The molecular weight excluding hydrogens is 190 g/mol. The number of nitrogens with zero attached hydrogens (tertiary/aromatic N) is 1. The van der Waals surface area contributed by atoms with Crippen molar-refractivity contribution in [3.05, 3.63) is 0 Å². The SMILES string of the molecule is CCC(C(=O)NN)N1CCCC(C)CC1. The number of carbonyl (C=O) groups excluding carboxylic acids is 1. The van der Waals surface area contributed by atoms with E-state index in [0.717, 1.165) is 25.4 Å². The molecule has 0 saturated carbocycles. The molecule has 2 unspecified atom stereocenters. The summed E-state index contributed by atoms with van der Waals surface area (Å²) in [7, 11) is 0. The molecule has 88 valence electrons. The van der Waals surface area contributed by atoms with E-state index in [-0.39, 0.29) is 11.9 Å². The maximum absolute atomic E-state index is 11.6. The highest BCUT2D eigenvalue weighted by atomic mass is 16.2. The molecule has 1 amide bonds. The first-order valence-electron chi connectivity index (χ1n) is 5.93. The Kier molecular flexibility index (Phi) is 5.05. The number of hydrogen-bond donors (Lipinski definition) is 2. The topological polar surface area (TPSA) is 58.4 Å². The molecular formula is C11H23N3O. The molecule has 0 spiro atoms. The standard InChI is InChI=1S/C11H23N3O/c1-3-10(11(15)13-12)14-7-4-5-9(2)6-8-14/h9-10H,3-8,12H2,1-2H3,(H,13,15). The number of rotatable bonds is 3. The fourth-order valence-electron chi connectivity index (χ4n) is 2.30. The van der Waals surface area contributed by atoms with E-state index in [1.54, 1.807) is 0 Å². The van der Waals surface area contributed by atoms with Gasteiger partial charge in [-0.3, -0.25) is 15.1 Å². The lowest BCUT2D eigenvalue weighted by molar-refractivity contribution is -0.126. The first-order valence-corrected chi connectivity index (χ1v) is 5.93. The van der Waals surface area contributed by atoms with Crippen LogP contribution in [0.5, 0.6) is 0 Å². The van der Waals surface area contributed by atoms with Crippen molar-refractivity contribution in [2.75, 3.05) is 13.1 Å². The molecule has 0 radical (unpaired) electrons. The van der Waals surface area contributed by atoms with Crippen molar-refractivity contribution in [1.29, 1.82) is 0 Å². The van der Waals surface area contributed by atoms with Crippen LogP contribution in [0, 0.1) is 5.92 Å². The van der Waals surface area contributed by atoms with Gasteiger partial charge in [-0.25, -0.2) is 5.84 Å². The van der Waals surface area contributed by atoms with Gasteiger partial charge >= 0.3 is 0 Å². The van der Waals surface area contributed by atoms with Crippen LogP contribution in [0.3, 0.4) is 0 Å². The van der Waals surface area contributed by atoms with Gasteiger partial charge in [0.15, 0.2) is 0 Å². The van der Waals surface area contributed by atoms with Gasteiger partial charge in [0.05, 0.1) is 6.04 Å². The normalized spacial score (nSPS) is 25.7. The highest BCUT2D eigenvalue weighted by Gasteiger charge is 2.25. The van der Waals surface area contributed by atoms with Crippen LogP contribution in [0.1, 0.15) is 39.5 Å². The van der Waals surface area contributed by atoms with Gasteiger partial charge in [-0.1, -0.05) is 13.8 Å². The van der Waals surface area contributed by atoms with Crippen molar-refractivity contribution in [2.24, 2.45) is 11.8 Å². The average Bonchev–Trinajstić information content (AvgIpc) is 2.45. The second kappa shape index (κ2) is 6.08. The summed E-state index contributed by atoms with van der Waals surface area (Å²) in [5.41, 5.74) is 2.26. The van der Waals surface area contributed by atoms with Crippen molar-refractivity contribution in [2.45, 2.75) is 45.6 Å². The second-order valence-corrected chi connectivity index (χ2v) is 4.50. The van der Waals surface area contributed by atoms with Crippen LogP contribution >= 0.6 is 0 Å². The molecule has 0 aromatic rings. The van der Waals surface area contributed by atoms with Crippen molar-refractivity contribution >= 4 is 5.91 Å². The zero-order valence-electron chi connectivity index (χ0n) is 9.83. The predicted molar refractivity (Wildman–Crippen MR) is 61.0 cm³/mol. The Morgan fingerprint density at radius 2 is 2.27 bits per heavy atom. The Morgan fingerprint density at radius 1 is 1.53 bits per heavy atom. The van der Waals surface area contributed by atoms with Crippen molar-refractivity contribution in [3.8, 4) is 0 Å². The van der Waals surface area contributed by atoms with Gasteiger partial charge in [-0.2, -0.15) is 0 Å². The number of nitrogens with two attached hydrogens (primary N) is 1. The lowest BCUT2D eigenvalue weighted by Crippen LogP contribution is -2.49. The van der Waals surface area contributed by atoms with E-state index in [2.05, 4.69) is 17.2 Å². The summed E-state index contributed by atoms with van der Waals surface area (Å²) < 4.78 is 0. The van der Waals surface area contributed by atoms with E-state index < -0.39 is 0 Å². The molecule has 0 aliphatic carbocycles. The van der Waals surface area contributed by atoms with E-state index in [9.17, 15) is 4.79 Å². The summed E-state index contributed by atoms with van der Waals surface area (Å²) in [4.78, 5) is 13.8. The zero-order valence-corrected chi connectivity index (χ0v) is 9.83. The van der Waals surface area contributed by atoms with Crippen LogP contribution < -0.4 is 11.3 Å². The number of nitrogens with one attached hydrogen (secondary N) is 1. The van der Waals surface area contributed by atoms with Gasteiger partial charge in [0, 0.05) is 0 Å². The zero-order chi connectivity index (χ0) is 11.3. The molecule has 15 heavy (non-hydrogen) atoms. The van der Waals surface area contributed by atoms with Gasteiger partial charge in [-0.15, -0.1) is 0 Å². The van der Waals surface area contributed by atoms with E-state index in [1.165, 1.54) is 19.3 Å². The van der Waals surface area contributed by atoms with Crippen molar-refractivity contribution in [3.63, 3.8) is 0 Å². The second-order valence-electron chi connectivity index (χ2n) is 4.50. The monoisotopic (exact) mass is 213 g/mol. The third-order valence-electron chi connectivity index (χ3n) is 3.32. The Hall–Kier alpha value is -0.610. The average molecular weight is 213 g/mol. The number of likely N-dealkylation sites (tertiary alicyclic amines) is 1. The number of hydrogen-bond acceptors (Lipinski definition) is 3. The number of carbonyl (C=O) groups is 1. The van der Waals surface area contributed by atoms with Crippen LogP contribution in [0.25, 0.3) is 0 Å². The largest absolute Gasteiger partial charge is 0.293 e. The van der Waals surface area contributed by atoms with Gasteiger partial charge in [0.2, 0.25) is 0 Å². The maximum Gasteiger partial charge on any atom is 0.251 e. The Balaban J connectivity index is 2.55. The fourth-order valence-corrected chi connectivity index (χ4v) is 2.30. The van der Waals surface area contributed by atoms with Crippen LogP contribution in [0.15, 0.2) is 0 Å². The van der Waals surface area contributed by atoms with E-state index in [0.29, 0.717) is 0 Å². The van der Waals surface area contributed by atoms with Gasteiger partial charge < -0.3 is 0 Å². The molecule has 1 heterocycles. The lowest BCUT2D eigenvalue weighted by atomic mass is 10.0. The maximum atomic E-state index is 11.6. The number of amides is 1. The highest BCUT2D eigenvalue weighted by Crippen LogP contribution is 2.19. The van der Waals surface area contributed by atoms with E-state index >= 15 is 0 Å². The quantitative estimate of drug-likeness (QED) is 0.415. The summed E-state index contributed by atoms with van der Waals surface area (Å²) in [5.74, 6) is 5.93. The molecule has 1 saturated heterocycles. The first kappa shape index (κ1) is 12.5. The third kappa shape index (κ3) is 3.47. The summed E-state index contributed by atoms with van der Waals surface area (Å²) in [6.07, 6.45) is 4.48. The molecule has 1 aliphatic heterocycles. The van der Waals surface area contributed by atoms with Crippen molar-refractivity contribution in [1.82, 2.24) is 10.3 Å².